The van der Waals surface area contributed by atoms with E-state index < -0.39 is 28.0 Å². The first-order valence-electron chi connectivity index (χ1n) is 16.7. The number of aliphatic hydroxyl groups is 1. The van der Waals surface area contributed by atoms with Crippen molar-refractivity contribution in [3.05, 3.63) is 36.5 Å². The molecule has 2 unspecified atom stereocenters. The van der Waals surface area contributed by atoms with Crippen LogP contribution in [0.15, 0.2) is 36.5 Å². The van der Waals surface area contributed by atoms with Crippen LogP contribution in [-0.4, -0.2) is 41.9 Å². The van der Waals surface area contributed by atoms with Crippen LogP contribution in [0.25, 0.3) is 0 Å². The third-order valence-corrected chi connectivity index (χ3v) is 8.08. The molecule has 1 amide bonds. The summed E-state index contributed by atoms with van der Waals surface area (Å²) in [6, 6.07) is -1.07. The predicted molar refractivity (Wildman–Crippen MR) is 175 cm³/mol. The Morgan fingerprint density at radius 1 is 0.634 bits per heavy atom. The van der Waals surface area contributed by atoms with Gasteiger partial charge >= 0.3 is 0 Å². The summed E-state index contributed by atoms with van der Waals surface area (Å²) in [7, 11) is -4.34. The second kappa shape index (κ2) is 28.7. The molecule has 0 spiro atoms. The molecule has 0 aliphatic rings. The Balaban J connectivity index is 4.14. The van der Waals surface area contributed by atoms with Crippen molar-refractivity contribution in [2.24, 2.45) is 0 Å². The Hall–Kier alpha value is -1.44. The van der Waals surface area contributed by atoms with Crippen molar-refractivity contribution >= 4 is 16.0 Å². The third-order valence-electron chi connectivity index (χ3n) is 7.30. The van der Waals surface area contributed by atoms with Crippen LogP contribution in [0, 0.1) is 0 Å². The molecule has 6 nitrogen and oxygen atoms in total. The number of hydrogen-bond acceptors (Lipinski definition) is 4. The van der Waals surface area contributed by atoms with E-state index in [9.17, 15) is 22.9 Å². The minimum atomic E-state index is -4.34. The summed E-state index contributed by atoms with van der Waals surface area (Å²) in [4.78, 5) is 12.4. The van der Waals surface area contributed by atoms with Gasteiger partial charge in [0.05, 0.1) is 17.9 Å². The lowest BCUT2D eigenvalue weighted by Gasteiger charge is -2.21. The van der Waals surface area contributed by atoms with Crippen LogP contribution in [0.1, 0.15) is 155 Å². The molecule has 2 atom stereocenters. The van der Waals surface area contributed by atoms with Gasteiger partial charge in [-0.25, -0.2) is 0 Å². The van der Waals surface area contributed by atoms with E-state index in [1.807, 2.05) is 0 Å². The highest BCUT2D eigenvalue weighted by atomic mass is 32.2. The molecule has 0 aliphatic carbocycles. The molecule has 0 aromatic rings. The smallest absolute Gasteiger partial charge is 0.267 e. The van der Waals surface area contributed by atoms with Crippen LogP contribution >= 0.6 is 0 Å². The minimum Gasteiger partial charge on any atom is -0.387 e. The highest BCUT2D eigenvalue weighted by molar-refractivity contribution is 7.85. The van der Waals surface area contributed by atoms with Crippen molar-refractivity contribution < 1.29 is 22.9 Å². The Morgan fingerprint density at radius 2 is 1.05 bits per heavy atom. The molecule has 0 aromatic heterocycles. The van der Waals surface area contributed by atoms with Crippen molar-refractivity contribution in [2.75, 3.05) is 5.75 Å². The molecule has 0 saturated heterocycles. The summed E-state index contributed by atoms with van der Waals surface area (Å²) < 4.78 is 32.2. The van der Waals surface area contributed by atoms with E-state index in [0.717, 1.165) is 38.5 Å². The van der Waals surface area contributed by atoms with Crippen LogP contribution in [0.3, 0.4) is 0 Å². The summed E-state index contributed by atoms with van der Waals surface area (Å²) in [6.07, 6.45) is 35.5. The van der Waals surface area contributed by atoms with E-state index in [4.69, 9.17) is 0 Å². The molecule has 0 saturated carbocycles. The van der Waals surface area contributed by atoms with Crippen LogP contribution < -0.4 is 5.32 Å². The van der Waals surface area contributed by atoms with Crippen molar-refractivity contribution in [3.8, 4) is 0 Å². The number of rotatable bonds is 29. The van der Waals surface area contributed by atoms with Crippen molar-refractivity contribution in [1.29, 1.82) is 0 Å². The van der Waals surface area contributed by atoms with Gasteiger partial charge in [-0.2, -0.15) is 8.42 Å². The highest BCUT2D eigenvalue weighted by Crippen LogP contribution is 2.12. The van der Waals surface area contributed by atoms with E-state index in [1.165, 1.54) is 96.0 Å². The maximum Gasteiger partial charge on any atom is 0.267 e. The number of amides is 1. The zero-order chi connectivity index (χ0) is 30.4. The van der Waals surface area contributed by atoms with Crippen molar-refractivity contribution in [2.45, 2.75) is 167 Å². The van der Waals surface area contributed by atoms with Gasteiger partial charge < -0.3 is 10.4 Å². The lowest BCUT2D eigenvalue weighted by Crippen LogP contribution is -2.46. The van der Waals surface area contributed by atoms with Gasteiger partial charge in [0.25, 0.3) is 10.1 Å². The normalized spacial score (nSPS) is 14.0. The molecule has 0 fully saturated rings. The minimum absolute atomic E-state index is 0.286. The summed E-state index contributed by atoms with van der Waals surface area (Å²) in [5, 5.41) is 13.1. The lowest BCUT2D eigenvalue weighted by molar-refractivity contribution is -0.122. The van der Waals surface area contributed by atoms with Crippen molar-refractivity contribution in [1.82, 2.24) is 5.32 Å². The summed E-state index contributed by atoms with van der Waals surface area (Å²) >= 11 is 0. The van der Waals surface area contributed by atoms with E-state index in [0.29, 0.717) is 6.42 Å². The molecular weight excluding hydrogens is 534 g/mol. The number of hydrogen-bond donors (Lipinski definition) is 3. The zero-order valence-electron chi connectivity index (χ0n) is 26.4. The van der Waals surface area contributed by atoms with Gasteiger partial charge in [-0.1, -0.05) is 140 Å². The van der Waals surface area contributed by atoms with Crippen LogP contribution in [-0.2, 0) is 14.9 Å². The number of allylic oxidation sites excluding steroid dienone is 5. The van der Waals surface area contributed by atoms with Gasteiger partial charge in [0.15, 0.2) is 0 Å². The van der Waals surface area contributed by atoms with E-state index >= 15 is 0 Å². The fraction of sp³-hybridized carbons (Fsp3) is 0.794. The maximum absolute atomic E-state index is 12.4. The van der Waals surface area contributed by atoms with Gasteiger partial charge in [-0.15, -0.1) is 0 Å². The summed E-state index contributed by atoms with van der Waals surface area (Å²) in [5.74, 6) is -1.01. The summed E-state index contributed by atoms with van der Waals surface area (Å²) in [6.45, 7) is 4.46. The number of carbonyl (C=O) groups is 1. The molecule has 0 radical (unpaired) electrons. The second-order valence-corrected chi connectivity index (χ2v) is 12.9. The molecule has 0 aliphatic heterocycles. The molecule has 3 N–H and O–H groups in total. The van der Waals surface area contributed by atoms with Gasteiger partial charge in [-0.05, 0) is 44.9 Å². The largest absolute Gasteiger partial charge is 0.387 e. The predicted octanol–water partition coefficient (Wildman–Crippen LogP) is 9.01. The first-order chi connectivity index (χ1) is 19.8. The second-order valence-electron chi connectivity index (χ2n) is 11.4. The highest BCUT2D eigenvalue weighted by Gasteiger charge is 2.24. The third kappa shape index (κ3) is 29.8. The van der Waals surface area contributed by atoms with E-state index in [2.05, 4.69) is 43.5 Å². The number of carbonyl (C=O) groups excluding carboxylic acids is 1. The number of unbranched alkanes of at least 4 members (excludes halogenated alkanes) is 17. The molecule has 0 aromatic carbocycles. The van der Waals surface area contributed by atoms with Crippen molar-refractivity contribution in [3.63, 3.8) is 0 Å². The van der Waals surface area contributed by atoms with Gasteiger partial charge in [0, 0.05) is 6.42 Å². The fourth-order valence-corrected chi connectivity index (χ4v) is 5.51. The quantitative estimate of drug-likeness (QED) is 0.0453. The standard InChI is InChI=1S/C34H63NO5S/c1-3-5-7-9-11-13-15-16-17-18-20-21-23-25-27-29-33(36)32(31-41(38,39)40)35-34(37)30-28-26-24-22-19-14-12-10-8-6-4-2/h15-16,20-21,27,29,32-33,36H,3-14,17-19,22-26,28,30-31H2,1-2H3,(H,35,37)(H,38,39,40)/b16-15+,21-20+,29-27+. The number of aliphatic hydroxyl groups excluding tert-OH is 1. The van der Waals surface area contributed by atoms with Gasteiger partial charge in [0.2, 0.25) is 5.91 Å². The number of nitrogens with one attached hydrogen (secondary N) is 1. The van der Waals surface area contributed by atoms with Crippen LogP contribution in [0.2, 0.25) is 0 Å². The molecule has 0 heterocycles. The average molecular weight is 598 g/mol. The Morgan fingerprint density at radius 3 is 1.54 bits per heavy atom. The molecule has 7 heteroatoms. The zero-order valence-corrected chi connectivity index (χ0v) is 27.2. The SMILES string of the molecule is CCCCCCC/C=C/CC/C=C/CC/C=C/C(O)C(CS(=O)(=O)O)NC(=O)CCCCCCCCCCCCC. The lowest BCUT2D eigenvalue weighted by atomic mass is 10.0. The van der Waals surface area contributed by atoms with Gasteiger partial charge in [0.1, 0.15) is 0 Å². The first kappa shape index (κ1) is 39.6. The topological polar surface area (TPSA) is 104 Å². The Labute approximate surface area is 253 Å². The molecule has 240 valence electrons. The molecule has 41 heavy (non-hydrogen) atoms. The molecule has 0 bridgehead atoms. The first-order valence-corrected chi connectivity index (χ1v) is 18.3. The van der Waals surface area contributed by atoms with Crippen LogP contribution in [0.5, 0.6) is 0 Å². The fourth-order valence-electron chi connectivity index (χ4n) is 4.77. The maximum atomic E-state index is 12.4. The van der Waals surface area contributed by atoms with Crippen LogP contribution in [0.4, 0.5) is 0 Å². The Bertz CT molecular complexity index is 791. The van der Waals surface area contributed by atoms with E-state index in [1.54, 1.807) is 6.08 Å². The molecule has 0 rings (SSSR count). The monoisotopic (exact) mass is 597 g/mol. The van der Waals surface area contributed by atoms with Gasteiger partial charge in [-0.3, -0.25) is 9.35 Å². The Kier molecular flexibility index (Phi) is 27.7. The van der Waals surface area contributed by atoms with E-state index in [-0.39, 0.29) is 12.3 Å². The summed E-state index contributed by atoms with van der Waals surface area (Å²) in [5.41, 5.74) is 0. The molecular formula is C34H63NO5S. The average Bonchev–Trinajstić information content (AvgIpc) is 2.92.